The summed E-state index contributed by atoms with van der Waals surface area (Å²) >= 11 is 3.21. The quantitative estimate of drug-likeness (QED) is 0.527. The first-order valence-corrected chi connectivity index (χ1v) is 6.17. The molecule has 0 atom stereocenters. The Morgan fingerprint density at radius 3 is 2.74 bits per heavy atom. The van der Waals surface area contributed by atoms with Gasteiger partial charge < -0.3 is 5.32 Å². The topological polar surface area (TPSA) is 55.2 Å². The molecule has 0 unspecified atom stereocenters. The first-order valence-electron chi connectivity index (χ1n) is 5.38. The number of halogens is 1. The van der Waals surface area contributed by atoms with Crippen LogP contribution in [-0.4, -0.2) is 4.92 Å². The standard InChI is InChI=1S/C14H9BrN2O2/c1-2-10-4-3-5-12(8-10)16-13-7-6-11(15)9-14(13)17(18)19/h1,3-9,16H. The van der Waals surface area contributed by atoms with Crippen molar-refractivity contribution in [1.82, 2.24) is 0 Å². The largest absolute Gasteiger partial charge is 0.350 e. The highest BCUT2D eigenvalue weighted by Gasteiger charge is 2.14. The van der Waals surface area contributed by atoms with E-state index in [1.807, 2.05) is 0 Å². The third-order valence-electron chi connectivity index (χ3n) is 2.46. The van der Waals surface area contributed by atoms with Gasteiger partial charge in [0.25, 0.3) is 5.69 Å². The maximum Gasteiger partial charge on any atom is 0.293 e. The zero-order chi connectivity index (χ0) is 13.8. The van der Waals surface area contributed by atoms with Crippen LogP contribution in [0.15, 0.2) is 46.9 Å². The van der Waals surface area contributed by atoms with Crippen molar-refractivity contribution in [2.45, 2.75) is 0 Å². The van der Waals surface area contributed by atoms with Crippen molar-refractivity contribution in [2.24, 2.45) is 0 Å². The Balaban J connectivity index is 2.38. The van der Waals surface area contributed by atoms with Crippen LogP contribution < -0.4 is 5.32 Å². The fraction of sp³-hybridized carbons (Fsp3) is 0. The summed E-state index contributed by atoms with van der Waals surface area (Å²) in [7, 11) is 0. The predicted molar refractivity (Wildman–Crippen MR) is 78.5 cm³/mol. The van der Waals surface area contributed by atoms with Gasteiger partial charge in [0, 0.05) is 21.8 Å². The molecule has 4 nitrogen and oxygen atoms in total. The van der Waals surface area contributed by atoms with E-state index < -0.39 is 4.92 Å². The maximum atomic E-state index is 11.0. The third kappa shape index (κ3) is 3.12. The van der Waals surface area contributed by atoms with Gasteiger partial charge in [-0.3, -0.25) is 10.1 Å². The highest BCUT2D eigenvalue weighted by atomic mass is 79.9. The number of nitro benzene ring substituents is 1. The second-order valence-electron chi connectivity index (χ2n) is 3.77. The van der Waals surface area contributed by atoms with E-state index in [-0.39, 0.29) is 5.69 Å². The normalized spacial score (nSPS) is 9.68. The molecule has 2 aromatic rings. The van der Waals surface area contributed by atoms with Crippen LogP contribution in [0.3, 0.4) is 0 Å². The Kier molecular flexibility index (Phi) is 3.83. The average molecular weight is 317 g/mol. The van der Waals surface area contributed by atoms with Crippen LogP contribution in [0, 0.1) is 22.5 Å². The first kappa shape index (κ1) is 13.1. The molecule has 0 aliphatic carbocycles. The molecular weight excluding hydrogens is 308 g/mol. The van der Waals surface area contributed by atoms with E-state index >= 15 is 0 Å². The zero-order valence-electron chi connectivity index (χ0n) is 9.76. The van der Waals surface area contributed by atoms with Gasteiger partial charge in [0.05, 0.1) is 4.92 Å². The highest BCUT2D eigenvalue weighted by Crippen LogP contribution is 2.30. The van der Waals surface area contributed by atoms with Crippen molar-refractivity contribution in [1.29, 1.82) is 0 Å². The van der Waals surface area contributed by atoms with Gasteiger partial charge in [0.2, 0.25) is 0 Å². The van der Waals surface area contributed by atoms with Crippen LogP contribution in [0.1, 0.15) is 5.56 Å². The van der Waals surface area contributed by atoms with Gasteiger partial charge in [0.1, 0.15) is 5.69 Å². The van der Waals surface area contributed by atoms with Crippen LogP contribution in [0.4, 0.5) is 17.1 Å². The van der Waals surface area contributed by atoms with Crippen LogP contribution in [0.25, 0.3) is 0 Å². The molecule has 0 saturated heterocycles. The lowest BCUT2D eigenvalue weighted by atomic mass is 10.2. The smallest absolute Gasteiger partial charge is 0.293 e. The Bertz CT molecular complexity index is 677. The van der Waals surface area contributed by atoms with Crippen LogP contribution >= 0.6 is 15.9 Å². The molecule has 5 heteroatoms. The molecule has 1 N–H and O–H groups in total. The van der Waals surface area contributed by atoms with Crippen molar-refractivity contribution >= 4 is 33.0 Å². The lowest BCUT2D eigenvalue weighted by Crippen LogP contribution is -1.97. The van der Waals surface area contributed by atoms with Gasteiger partial charge >= 0.3 is 0 Å². The number of rotatable bonds is 3. The van der Waals surface area contributed by atoms with Crippen molar-refractivity contribution in [3.8, 4) is 12.3 Å². The van der Waals surface area contributed by atoms with Crippen molar-refractivity contribution < 1.29 is 4.92 Å². The van der Waals surface area contributed by atoms with Crippen molar-refractivity contribution in [3.05, 3.63) is 62.6 Å². The Morgan fingerprint density at radius 1 is 1.26 bits per heavy atom. The number of nitrogens with zero attached hydrogens (tertiary/aromatic N) is 1. The molecule has 0 fully saturated rings. The van der Waals surface area contributed by atoms with E-state index in [4.69, 9.17) is 6.42 Å². The number of benzene rings is 2. The van der Waals surface area contributed by atoms with Crippen molar-refractivity contribution in [2.75, 3.05) is 5.32 Å². The number of nitrogens with one attached hydrogen (secondary N) is 1. The number of hydrogen-bond donors (Lipinski definition) is 1. The molecule has 0 aliphatic heterocycles. The molecule has 0 heterocycles. The average Bonchev–Trinajstić information content (AvgIpc) is 2.41. The lowest BCUT2D eigenvalue weighted by Gasteiger charge is -2.07. The summed E-state index contributed by atoms with van der Waals surface area (Å²) in [5, 5.41) is 14.0. The fourth-order valence-electron chi connectivity index (χ4n) is 1.60. The van der Waals surface area contributed by atoms with Gasteiger partial charge in [-0.15, -0.1) is 6.42 Å². The Hall–Kier alpha value is -2.32. The summed E-state index contributed by atoms with van der Waals surface area (Å²) in [6, 6.07) is 12.0. The van der Waals surface area contributed by atoms with Gasteiger partial charge in [-0.05, 0) is 30.3 Å². The van der Waals surface area contributed by atoms with Crippen molar-refractivity contribution in [3.63, 3.8) is 0 Å². The van der Waals surface area contributed by atoms with Crippen LogP contribution in [0.5, 0.6) is 0 Å². The summed E-state index contributed by atoms with van der Waals surface area (Å²) in [4.78, 5) is 10.6. The summed E-state index contributed by atoms with van der Waals surface area (Å²) in [6.07, 6.45) is 5.32. The molecule has 94 valence electrons. The van der Waals surface area contributed by atoms with E-state index in [1.165, 1.54) is 6.07 Å². The predicted octanol–water partition coefficient (Wildman–Crippen LogP) is 4.08. The second kappa shape index (κ2) is 5.55. The first-order chi connectivity index (χ1) is 9.10. The Morgan fingerprint density at radius 2 is 2.05 bits per heavy atom. The number of terminal acetylenes is 1. The van der Waals surface area contributed by atoms with E-state index in [0.29, 0.717) is 21.4 Å². The van der Waals surface area contributed by atoms with Crippen LogP contribution in [-0.2, 0) is 0 Å². The molecule has 0 saturated carbocycles. The fourth-order valence-corrected chi connectivity index (χ4v) is 1.95. The zero-order valence-corrected chi connectivity index (χ0v) is 11.3. The lowest BCUT2D eigenvalue weighted by molar-refractivity contribution is -0.384. The molecule has 0 radical (unpaired) electrons. The minimum absolute atomic E-state index is 0.000450. The summed E-state index contributed by atoms with van der Waals surface area (Å²) in [5.74, 6) is 2.52. The van der Waals surface area contributed by atoms with Crippen LogP contribution in [0.2, 0.25) is 0 Å². The molecule has 19 heavy (non-hydrogen) atoms. The number of anilines is 2. The van der Waals surface area contributed by atoms with E-state index in [1.54, 1.807) is 36.4 Å². The monoisotopic (exact) mass is 316 g/mol. The summed E-state index contributed by atoms with van der Waals surface area (Å²) in [5.41, 5.74) is 1.84. The minimum Gasteiger partial charge on any atom is -0.350 e. The molecule has 0 aliphatic rings. The SMILES string of the molecule is C#Cc1cccc(Nc2ccc(Br)cc2[N+](=O)[O-])c1. The Labute approximate surface area is 118 Å². The molecule has 0 aromatic heterocycles. The highest BCUT2D eigenvalue weighted by molar-refractivity contribution is 9.10. The van der Waals surface area contributed by atoms with Gasteiger partial charge in [-0.25, -0.2) is 0 Å². The molecule has 0 amide bonds. The molecule has 2 aromatic carbocycles. The summed E-state index contributed by atoms with van der Waals surface area (Å²) < 4.78 is 0.655. The van der Waals surface area contributed by atoms with E-state index in [2.05, 4.69) is 27.2 Å². The van der Waals surface area contributed by atoms with Gasteiger partial charge in [-0.1, -0.05) is 27.9 Å². The van der Waals surface area contributed by atoms with Gasteiger partial charge in [-0.2, -0.15) is 0 Å². The number of nitro groups is 1. The maximum absolute atomic E-state index is 11.0. The molecular formula is C14H9BrN2O2. The summed E-state index contributed by atoms with van der Waals surface area (Å²) in [6.45, 7) is 0. The van der Waals surface area contributed by atoms with E-state index in [9.17, 15) is 10.1 Å². The van der Waals surface area contributed by atoms with E-state index in [0.717, 1.165) is 0 Å². The van der Waals surface area contributed by atoms with Gasteiger partial charge in [0.15, 0.2) is 0 Å². The third-order valence-corrected chi connectivity index (χ3v) is 2.96. The minimum atomic E-state index is -0.432. The molecule has 0 spiro atoms. The molecule has 0 bridgehead atoms. The number of hydrogen-bond acceptors (Lipinski definition) is 3. The molecule has 2 rings (SSSR count). The second-order valence-corrected chi connectivity index (χ2v) is 4.68.